The second-order valence-electron chi connectivity index (χ2n) is 5.08. The molecule has 0 aliphatic rings. The van der Waals surface area contributed by atoms with Crippen molar-refractivity contribution in [1.29, 1.82) is 0 Å². The molecule has 0 aliphatic carbocycles. The molecule has 0 amide bonds. The van der Waals surface area contributed by atoms with Crippen molar-refractivity contribution in [1.82, 2.24) is 9.78 Å². The molecule has 0 saturated heterocycles. The molecular weight excluding hydrogens is 224 g/mol. The van der Waals surface area contributed by atoms with E-state index in [1.165, 1.54) is 12.8 Å². The van der Waals surface area contributed by atoms with Crippen LogP contribution in [0, 0.1) is 12.8 Å². The zero-order chi connectivity index (χ0) is 13.7. The Balaban J connectivity index is 2.88. The summed E-state index contributed by atoms with van der Waals surface area (Å²) in [6.07, 6.45) is 3.44. The van der Waals surface area contributed by atoms with Gasteiger partial charge >= 0.3 is 0 Å². The fourth-order valence-corrected chi connectivity index (χ4v) is 2.45. The average molecular weight is 252 g/mol. The molecule has 1 atom stereocenters. The van der Waals surface area contributed by atoms with Gasteiger partial charge in [0.2, 0.25) is 0 Å². The van der Waals surface area contributed by atoms with Crippen molar-refractivity contribution in [2.24, 2.45) is 5.92 Å². The highest BCUT2D eigenvalue weighted by Crippen LogP contribution is 2.25. The van der Waals surface area contributed by atoms with Crippen molar-refractivity contribution in [3.05, 3.63) is 5.69 Å². The largest absolute Gasteiger partial charge is 0.394 e. The third-order valence-electron chi connectivity index (χ3n) is 3.73. The third kappa shape index (κ3) is 3.18. The topological polar surface area (TPSA) is 55.9 Å². The van der Waals surface area contributed by atoms with Crippen molar-refractivity contribution in [2.75, 3.05) is 11.1 Å². The molecule has 0 aliphatic heterocycles. The van der Waals surface area contributed by atoms with Crippen molar-refractivity contribution >= 4 is 11.5 Å². The first-order valence-electron chi connectivity index (χ1n) is 7.14. The van der Waals surface area contributed by atoms with Crippen molar-refractivity contribution in [3.63, 3.8) is 0 Å². The SMILES string of the molecule is CCCn1nc(C)c(N)c1NC(C)C(CC)CC. The molecule has 1 unspecified atom stereocenters. The molecule has 4 heteroatoms. The smallest absolute Gasteiger partial charge is 0.148 e. The van der Waals surface area contributed by atoms with E-state index in [1.807, 2.05) is 11.6 Å². The lowest BCUT2D eigenvalue weighted by atomic mass is 9.95. The summed E-state index contributed by atoms with van der Waals surface area (Å²) in [5.41, 5.74) is 7.83. The fourth-order valence-electron chi connectivity index (χ4n) is 2.45. The Morgan fingerprint density at radius 3 is 2.39 bits per heavy atom. The number of nitrogen functional groups attached to an aromatic ring is 1. The van der Waals surface area contributed by atoms with E-state index in [0.29, 0.717) is 12.0 Å². The van der Waals surface area contributed by atoms with Gasteiger partial charge in [-0.25, -0.2) is 4.68 Å². The summed E-state index contributed by atoms with van der Waals surface area (Å²) in [5.74, 6) is 1.67. The quantitative estimate of drug-likeness (QED) is 0.781. The Kier molecular flexibility index (Phi) is 5.51. The van der Waals surface area contributed by atoms with Crippen LogP contribution in [-0.2, 0) is 6.54 Å². The Morgan fingerprint density at radius 1 is 1.28 bits per heavy atom. The van der Waals surface area contributed by atoms with Gasteiger partial charge in [0, 0.05) is 12.6 Å². The van der Waals surface area contributed by atoms with E-state index in [2.05, 4.69) is 38.1 Å². The Hall–Kier alpha value is -1.19. The van der Waals surface area contributed by atoms with Gasteiger partial charge in [-0.2, -0.15) is 5.10 Å². The van der Waals surface area contributed by atoms with Gasteiger partial charge in [-0.3, -0.25) is 0 Å². The highest BCUT2D eigenvalue weighted by Gasteiger charge is 2.18. The minimum atomic E-state index is 0.425. The van der Waals surface area contributed by atoms with Gasteiger partial charge in [0.05, 0.1) is 11.4 Å². The molecule has 4 nitrogen and oxygen atoms in total. The van der Waals surface area contributed by atoms with Crippen LogP contribution in [0.1, 0.15) is 52.7 Å². The number of nitrogens with zero attached hydrogens (tertiary/aromatic N) is 2. The first-order valence-corrected chi connectivity index (χ1v) is 7.14. The molecule has 1 aromatic rings. The number of nitrogens with one attached hydrogen (secondary N) is 1. The summed E-state index contributed by atoms with van der Waals surface area (Å²) in [4.78, 5) is 0. The van der Waals surface area contributed by atoms with E-state index in [1.54, 1.807) is 0 Å². The lowest BCUT2D eigenvalue weighted by Gasteiger charge is -2.24. The van der Waals surface area contributed by atoms with E-state index < -0.39 is 0 Å². The number of hydrogen-bond acceptors (Lipinski definition) is 3. The number of anilines is 2. The van der Waals surface area contributed by atoms with E-state index in [9.17, 15) is 0 Å². The lowest BCUT2D eigenvalue weighted by molar-refractivity contribution is 0.434. The predicted molar refractivity (Wildman–Crippen MR) is 78.8 cm³/mol. The molecule has 0 fully saturated rings. The molecule has 0 saturated carbocycles. The Morgan fingerprint density at radius 2 is 1.89 bits per heavy atom. The number of nitrogens with two attached hydrogens (primary N) is 1. The van der Waals surface area contributed by atoms with Crippen LogP contribution >= 0.6 is 0 Å². The van der Waals surface area contributed by atoms with E-state index in [0.717, 1.165) is 30.2 Å². The van der Waals surface area contributed by atoms with Gasteiger partial charge in [-0.05, 0) is 26.2 Å². The second-order valence-corrected chi connectivity index (χ2v) is 5.08. The van der Waals surface area contributed by atoms with Crippen molar-refractivity contribution in [2.45, 2.75) is 66.5 Å². The van der Waals surface area contributed by atoms with Crippen LogP contribution < -0.4 is 11.1 Å². The van der Waals surface area contributed by atoms with Gasteiger partial charge in [0.15, 0.2) is 0 Å². The molecule has 1 heterocycles. The number of rotatable bonds is 7. The molecule has 0 spiro atoms. The minimum Gasteiger partial charge on any atom is -0.394 e. The second kappa shape index (κ2) is 6.66. The van der Waals surface area contributed by atoms with Gasteiger partial charge in [0.1, 0.15) is 5.82 Å². The molecule has 18 heavy (non-hydrogen) atoms. The van der Waals surface area contributed by atoms with Crippen LogP contribution in [0.15, 0.2) is 0 Å². The Bertz CT molecular complexity index is 366. The van der Waals surface area contributed by atoms with Crippen LogP contribution in [0.5, 0.6) is 0 Å². The Labute approximate surface area is 111 Å². The molecule has 1 rings (SSSR count). The van der Waals surface area contributed by atoms with E-state index in [4.69, 9.17) is 5.73 Å². The molecule has 3 N–H and O–H groups in total. The summed E-state index contributed by atoms with van der Waals surface area (Å²) in [6, 6.07) is 0.425. The normalized spacial score (nSPS) is 13.0. The maximum Gasteiger partial charge on any atom is 0.148 e. The predicted octanol–water partition coefficient (Wildman–Crippen LogP) is 3.42. The summed E-state index contributed by atoms with van der Waals surface area (Å²) < 4.78 is 2.00. The van der Waals surface area contributed by atoms with Crippen LogP contribution in [0.25, 0.3) is 0 Å². The van der Waals surface area contributed by atoms with E-state index in [-0.39, 0.29) is 0 Å². The van der Waals surface area contributed by atoms with Gasteiger partial charge in [0.25, 0.3) is 0 Å². The van der Waals surface area contributed by atoms with Crippen LogP contribution in [0.2, 0.25) is 0 Å². The highest BCUT2D eigenvalue weighted by atomic mass is 15.3. The molecule has 0 aromatic carbocycles. The zero-order valence-corrected chi connectivity index (χ0v) is 12.5. The third-order valence-corrected chi connectivity index (χ3v) is 3.73. The summed E-state index contributed by atoms with van der Waals surface area (Å²) in [6.45, 7) is 11.7. The van der Waals surface area contributed by atoms with Crippen molar-refractivity contribution < 1.29 is 0 Å². The van der Waals surface area contributed by atoms with E-state index >= 15 is 0 Å². The van der Waals surface area contributed by atoms with Gasteiger partial charge < -0.3 is 11.1 Å². The average Bonchev–Trinajstić information content (AvgIpc) is 2.59. The fraction of sp³-hybridized carbons (Fsp3) is 0.786. The van der Waals surface area contributed by atoms with Gasteiger partial charge in [-0.15, -0.1) is 0 Å². The highest BCUT2D eigenvalue weighted by molar-refractivity contribution is 5.65. The summed E-state index contributed by atoms with van der Waals surface area (Å²) in [7, 11) is 0. The first-order chi connectivity index (χ1) is 8.54. The van der Waals surface area contributed by atoms with Crippen LogP contribution in [-0.4, -0.2) is 15.8 Å². The number of hydrogen-bond donors (Lipinski definition) is 2. The van der Waals surface area contributed by atoms with Gasteiger partial charge in [-0.1, -0.05) is 33.6 Å². The standard InChI is InChI=1S/C14H28N4/c1-6-9-18-14(13(15)11(5)17-18)16-10(4)12(7-2)8-3/h10,12,16H,6-9,15H2,1-5H3. The number of aryl methyl sites for hydroxylation is 2. The first kappa shape index (κ1) is 14.9. The monoisotopic (exact) mass is 252 g/mol. The maximum atomic E-state index is 6.12. The van der Waals surface area contributed by atoms with Crippen LogP contribution in [0.3, 0.4) is 0 Å². The summed E-state index contributed by atoms with van der Waals surface area (Å²) >= 11 is 0. The zero-order valence-electron chi connectivity index (χ0n) is 12.5. The molecule has 0 bridgehead atoms. The maximum absolute atomic E-state index is 6.12. The van der Waals surface area contributed by atoms with Crippen molar-refractivity contribution in [3.8, 4) is 0 Å². The molecule has 0 radical (unpaired) electrons. The lowest BCUT2D eigenvalue weighted by Crippen LogP contribution is -2.27. The molecule has 1 aromatic heterocycles. The summed E-state index contributed by atoms with van der Waals surface area (Å²) in [5, 5.41) is 8.05. The molecule has 104 valence electrons. The minimum absolute atomic E-state index is 0.425. The molecular formula is C14H28N4. The number of aromatic nitrogens is 2. The van der Waals surface area contributed by atoms with Crippen LogP contribution in [0.4, 0.5) is 11.5 Å².